The lowest BCUT2D eigenvalue weighted by Crippen LogP contribution is -2.44. The molecule has 0 radical (unpaired) electrons. The number of hydrogen-bond donors (Lipinski definition) is 2. The van der Waals surface area contributed by atoms with Crippen molar-refractivity contribution < 1.29 is 19.1 Å². The molecule has 3 aromatic carbocycles. The summed E-state index contributed by atoms with van der Waals surface area (Å²) in [5, 5.41) is 5.40. The van der Waals surface area contributed by atoms with Crippen molar-refractivity contribution >= 4 is 75.4 Å². The maximum Gasteiger partial charge on any atom is 0.339 e. The molecule has 14 heteroatoms. The number of carbonyl (C=O) groups is 3. The van der Waals surface area contributed by atoms with Gasteiger partial charge in [-0.2, -0.15) is 0 Å². The highest BCUT2D eigenvalue weighted by Gasteiger charge is 2.30. The SMILES string of the molecule is COC(=O)c1cnc(N2CCC(N(C)CCCCC=O)CC2)c(NC(=O)c2[nH]c3cc(Cl)ccc3c2-c2c(-c3ccccc3)ncn2C(C)c2ccc(Cl)cc2Cl)c1. The number of H-pyrrole nitrogens is 1. The first-order valence-electron chi connectivity index (χ1n) is 19.2. The number of unbranched alkanes of at least 4 members (excludes halogenated alkanes) is 2. The minimum absolute atomic E-state index is 0.202. The van der Waals surface area contributed by atoms with E-state index in [1.54, 1.807) is 36.7 Å². The topological polar surface area (TPSA) is 125 Å². The number of halogens is 3. The fraction of sp³-hybridized carbons (Fsp3) is 0.295. The van der Waals surface area contributed by atoms with E-state index in [1.165, 1.54) is 13.3 Å². The van der Waals surface area contributed by atoms with Crippen molar-refractivity contribution in [2.45, 2.75) is 51.1 Å². The van der Waals surface area contributed by atoms with Crippen LogP contribution in [0.1, 0.15) is 71.5 Å². The van der Waals surface area contributed by atoms with E-state index in [4.69, 9.17) is 49.5 Å². The van der Waals surface area contributed by atoms with E-state index in [9.17, 15) is 14.4 Å². The summed E-state index contributed by atoms with van der Waals surface area (Å²) in [6, 6.07) is 22.3. The van der Waals surface area contributed by atoms with Crippen LogP contribution >= 0.6 is 34.8 Å². The van der Waals surface area contributed by atoms with Crippen LogP contribution in [0.4, 0.5) is 11.5 Å². The number of benzene rings is 3. The molecule has 11 nitrogen and oxygen atoms in total. The van der Waals surface area contributed by atoms with Gasteiger partial charge in [0.05, 0.1) is 42.1 Å². The van der Waals surface area contributed by atoms with Gasteiger partial charge in [0.2, 0.25) is 0 Å². The number of methoxy groups -OCH3 is 1. The van der Waals surface area contributed by atoms with Crippen molar-refractivity contribution in [2.24, 2.45) is 0 Å². The van der Waals surface area contributed by atoms with Crippen molar-refractivity contribution in [3.63, 3.8) is 0 Å². The van der Waals surface area contributed by atoms with Crippen LogP contribution in [0.25, 0.3) is 33.4 Å². The van der Waals surface area contributed by atoms with Gasteiger partial charge in [-0.3, -0.25) is 4.79 Å². The number of nitrogens with one attached hydrogen (secondary N) is 2. The summed E-state index contributed by atoms with van der Waals surface area (Å²) >= 11 is 19.6. The van der Waals surface area contributed by atoms with E-state index in [2.05, 4.69) is 27.1 Å². The first kappa shape index (κ1) is 41.0. The van der Waals surface area contributed by atoms with Gasteiger partial charge in [0.1, 0.15) is 12.0 Å². The van der Waals surface area contributed by atoms with Gasteiger partial charge in [0.15, 0.2) is 5.82 Å². The first-order chi connectivity index (χ1) is 28.1. The lowest BCUT2D eigenvalue weighted by Gasteiger charge is -2.38. The number of imidazole rings is 1. The molecule has 1 aliphatic heterocycles. The van der Waals surface area contributed by atoms with E-state index in [-0.39, 0.29) is 17.3 Å². The van der Waals surface area contributed by atoms with Gasteiger partial charge < -0.3 is 34.2 Å². The number of rotatable bonds is 14. The Bertz CT molecular complexity index is 2440. The average Bonchev–Trinajstić information content (AvgIpc) is 3.84. The van der Waals surface area contributed by atoms with E-state index in [0.29, 0.717) is 74.6 Å². The Hall–Kier alpha value is -5.20. The smallest absolute Gasteiger partial charge is 0.339 e. The van der Waals surface area contributed by atoms with Crippen molar-refractivity contribution in [1.29, 1.82) is 0 Å². The number of amides is 1. The van der Waals surface area contributed by atoms with Crippen LogP contribution in [-0.2, 0) is 9.53 Å². The lowest BCUT2D eigenvalue weighted by molar-refractivity contribution is -0.107. The third-order valence-corrected chi connectivity index (χ3v) is 11.7. The highest BCUT2D eigenvalue weighted by molar-refractivity contribution is 6.35. The van der Waals surface area contributed by atoms with Gasteiger partial charge >= 0.3 is 5.97 Å². The maximum atomic E-state index is 14.9. The number of carbonyl (C=O) groups excluding carboxylic acids is 3. The predicted octanol–water partition coefficient (Wildman–Crippen LogP) is 9.97. The van der Waals surface area contributed by atoms with E-state index < -0.39 is 11.9 Å². The fourth-order valence-corrected chi connectivity index (χ4v) is 8.53. The zero-order valence-corrected chi connectivity index (χ0v) is 34.7. The molecule has 0 aliphatic carbocycles. The normalized spacial score (nSPS) is 13.9. The molecule has 0 bridgehead atoms. The molecule has 0 saturated carbocycles. The minimum atomic E-state index is -0.573. The molecular weight excluding hydrogens is 797 g/mol. The standard InChI is InChI=1S/C44H44Cl3N7O4/c1-27(33-14-12-30(45)23-35(33)47)54-26-49-39(28-10-6-4-7-11-28)41(54)38-34-15-13-31(46)24-36(34)50-40(38)43(56)51-37-22-29(44(57)58-3)25-48-42(37)53-19-16-32(17-20-53)52(2)18-8-5-9-21-55/h4,6-7,10-15,21-27,32,50H,5,8-9,16-20H2,1-3H3,(H,51,56). The second-order valence-electron chi connectivity index (χ2n) is 14.5. The number of pyridine rings is 1. The molecule has 6 aromatic rings. The monoisotopic (exact) mass is 839 g/mol. The molecule has 1 unspecified atom stereocenters. The average molecular weight is 841 g/mol. The Kier molecular flexibility index (Phi) is 12.8. The summed E-state index contributed by atoms with van der Waals surface area (Å²) in [6.07, 6.45) is 8.40. The van der Waals surface area contributed by atoms with Gasteiger partial charge in [0, 0.05) is 68.8 Å². The number of esters is 1. The Balaban J connectivity index is 1.30. The summed E-state index contributed by atoms with van der Waals surface area (Å²) < 4.78 is 7.05. The van der Waals surface area contributed by atoms with Crippen LogP contribution in [0.3, 0.4) is 0 Å². The summed E-state index contributed by atoms with van der Waals surface area (Å²) in [5.74, 6) is -0.479. The molecule has 3 aromatic heterocycles. The Morgan fingerprint density at radius 2 is 1.74 bits per heavy atom. The Labute approximate surface area is 352 Å². The summed E-state index contributed by atoms with van der Waals surface area (Å²) in [7, 11) is 3.43. The van der Waals surface area contributed by atoms with E-state index in [1.807, 2.05) is 54.0 Å². The van der Waals surface area contributed by atoms with Gasteiger partial charge in [-0.15, -0.1) is 0 Å². The first-order valence-corrected chi connectivity index (χ1v) is 20.4. The zero-order chi connectivity index (χ0) is 40.9. The van der Waals surface area contributed by atoms with Crippen molar-refractivity contribution in [2.75, 3.05) is 44.0 Å². The number of piperidine rings is 1. The van der Waals surface area contributed by atoms with Crippen LogP contribution < -0.4 is 10.2 Å². The molecular formula is C44H44Cl3N7O4. The fourth-order valence-electron chi connectivity index (χ4n) is 7.79. The molecule has 1 amide bonds. The van der Waals surface area contributed by atoms with Crippen molar-refractivity contribution in [1.82, 2.24) is 24.4 Å². The molecule has 58 heavy (non-hydrogen) atoms. The minimum Gasteiger partial charge on any atom is -0.465 e. The molecule has 1 fully saturated rings. The van der Waals surface area contributed by atoms with Crippen molar-refractivity contribution in [3.8, 4) is 22.5 Å². The molecule has 1 atom stereocenters. The molecule has 300 valence electrons. The van der Waals surface area contributed by atoms with Gasteiger partial charge in [-0.25, -0.2) is 14.8 Å². The highest BCUT2D eigenvalue weighted by Crippen LogP contribution is 2.42. The van der Waals surface area contributed by atoms with Gasteiger partial charge in [-0.05, 0) is 82.1 Å². The second kappa shape index (κ2) is 18.2. The molecule has 7 rings (SSSR count). The number of aromatic nitrogens is 4. The molecule has 0 spiro atoms. The third-order valence-electron chi connectivity index (χ3n) is 10.9. The molecule has 2 N–H and O–H groups in total. The van der Waals surface area contributed by atoms with Crippen LogP contribution in [0, 0.1) is 0 Å². The number of anilines is 2. The number of aldehydes is 1. The largest absolute Gasteiger partial charge is 0.465 e. The molecule has 1 saturated heterocycles. The van der Waals surface area contributed by atoms with Crippen LogP contribution in [0.5, 0.6) is 0 Å². The quantitative estimate of drug-likeness (QED) is 0.0631. The number of nitrogens with zero attached hydrogens (tertiary/aromatic N) is 5. The highest BCUT2D eigenvalue weighted by atomic mass is 35.5. The van der Waals surface area contributed by atoms with Crippen LogP contribution in [-0.4, -0.2) is 82.4 Å². The summed E-state index contributed by atoms with van der Waals surface area (Å²) in [4.78, 5) is 56.0. The number of hydrogen-bond acceptors (Lipinski definition) is 8. The Morgan fingerprint density at radius 3 is 2.47 bits per heavy atom. The van der Waals surface area contributed by atoms with E-state index >= 15 is 0 Å². The Morgan fingerprint density at radius 1 is 1.00 bits per heavy atom. The second-order valence-corrected chi connectivity index (χ2v) is 15.8. The number of fused-ring (bicyclic) bond motifs is 1. The van der Waals surface area contributed by atoms with E-state index in [0.717, 1.165) is 55.0 Å². The van der Waals surface area contributed by atoms with Gasteiger partial charge in [-0.1, -0.05) is 77.3 Å². The summed E-state index contributed by atoms with van der Waals surface area (Å²) in [5.41, 5.74) is 5.10. The van der Waals surface area contributed by atoms with Gasteiger partial charge in [0.25, 0.3) is 5.91 Å². The maximum absolute atomic E-state index is 14.9. The van der Waals surface area contributed by atoms with Crippen molar-refractivity contribution in [3.05, 3.63) is 117 Å². The number of ether oxygens (including phenoxy) is 1. The zero-order valence-electron chi connectivity index (χ0n) is 32.5. The van der Waals surface area contributed by atoms with Crippen LogP contribution in [0.15, 0.2) is 85.3 Å². The summed E-state index contributed by atoms with van der Waals surface area (Å²) in [6.45, 7) is 4.32. The third kappa shape index (κ3) is 8.63. The number of aromatic amines is 1. The van der Waals surface area contributed by atoms with Crippen LogP contribution in [0.2, 0.25) is 15.1 Å². The predicted molar refractivity (Wildman–Crippen MR) is 232 cm³/mol. The molecule has 4 heterocycles. The lowest BCUT2D eigenvalue weighted by atomic mass is 9.99. The molecule has 1 aliphatic rings.